The number of esters is 1. The molecule has 166 valence electrons. The molecule has 0 radical (unpaired) electrons. The predicted octanol–water partition coefficient (Wildman–Crippen LogP) is 2.35. The highest BCUT2D eigenvalue weighted by Crippen LogP contribution is 2.19. The van der Waals surface area contributed by atoms with E-state index in [1.807, 2.05) is 54.6 Å². The van der Waals surface area contributed by atoms with Crippen LogP contribution in [0.1, 0.15) is 23.0 Å². The van der Waals surface area contributed by atoms with Gasteiger partial charge in [-0.3, -0.25) is 4.79 Å². The molecule has 9 nitrogen and oxygen atoms in total. The number of carbonyl (C=O) groups excluding carboxylic acids is 2. The summed E-state index contributed by atoms with van der Waals surface area (Å²) in [5.41, 5.74) is 2.79. The van der Waals surface area contributed by atoms with E-state index in [1.165, 1.54) is 13.1 Å². The largest absolute Gasteiger partial charge is 0.448 e. The molecule has 1 saturated heterocycles. The molecular weight excluding hydrogens is 410 g/mol. The van der Waals surface area contributed by atoms with Crippen LogP contribution in [0.4, 0.5) is 11.4 Å². The molecule has 1 aliphatic heterocycles. The zero-order valence-corrected chi connectivity index (χ0v) is 17.8. The Balaban J connectivity index is 1.29. The molecule has 1 aromatic heterocycles. The van der Waals surface area contributed by atoms with Gasteiger partial charge >= 0.3 is 5.97 Å². The number of rotatable bonds is 7. The molecule has 2 heterocycles. The first-order chi connectivity index (χ1) is 15.6. The van der Waals surface area contributed by atoms with Gasteiger partial charge in [-0.1, -0.05) is 35.5 Å². The van der Waals surface area contributed by atoms with Gasteiger partial charge in [-0.2, -0.15) is 0 Å². The van der Waals surface area contributed by atoms with Gasteiger partial charge in [-0.25, -0.2) is 9.48 Å². The lowest BCUT2D eigenvalue weighted by atomic mass is 10.2. The first-order valence-corrected chi connectivity index (χ1v) is 10.5. The van der Waals surface area contributed by atoms with Crippen molar-refractivity contribution in [2.24, 2.45) is 0 Å². The fourth-order valence-corrected chi connectivity index (χ4v) is 3.34. The molecule has 1 fully saturated rings. The molecule has 1 N–H and O–H groups in total. The van der Waals surface area contributed by atoms with Crippen LogP contribution in [-0.2, 0) is 20.8 Å². The monoisotopic (exact) mass is 435 g/mol. The molecular formula is C23H25N5O4. The molecule has 1 aliphatic rings. The third-order valence-corrected chi connectivity index (χ3v) is 5.10. The summed E-state index contributed by atoms with van der Waals surface area (Å²) in [6.07, 6.45) is 0.519. The zero-order valence-electron chi connectivity index (χ0n) is 17.8. The number of hydrogen-bond donors (Lipinski definition) is 1. The fourth-order valence-electron chi connectivity index (χ4n) is 3.34. The summed E-state index contributed by atoms with van der Waals surface area (Å²) >= 11 is 0. The topological polar surface area (TPSA) is 98.6 Å². The van der Waals surface area contributed by atoms with Crippen LogP contribution in [0.3, 0.4) is 0 Å². The minimum Gasteiger partial charge on any atom is -0.448 e. The Hall–Kier alpha value is -3.72. The molecule has 0 spiro atoms. The van der Waals surface area contributed by atoms with Crippen LogP contribution < -0.4 is 10.2 Å². The standard InChI is InChI=1S/C23H25N5O4/c1-17(22(29)24-19-7-9-20(10-8-19)27-11-13-31-14-12-27)32-23(30)21-16-28(26-25-21)15-18-5-3-2-4-6-18/h2-10,16-17H,11-15H2,1H3,(H,24,29). The number of benzene rings is 2. The minimum absolute atomic E-state index is 0.0513. The number of ether oxygens (including phenoxy) is 2. The van der Waals surface area contributed by atoms with Gasteiger partial charge in [-0.15, -0.1) is 5.10 Å². The Morgan fingerprint density at radius 1 is 1.09 bits per heavy atom. The van der Waals surface area contributed by atoms with Crippen LogP contribution in [-0.4, -0.2) is 59.3 Å². The van der Waals surface area contributed by atoms with Gasteiger partial charge in [0.05, 0.1) is 26.0 Å². The number of carbonyl (C=O) groups is 2. The van der Waals surface area contributed by atoms with E-state index in [0.29, 0.717) is 25.4 Å². The number of amides is 1. The summed E-state index contributed by atoms with van der Waals surface area (Å²) in [5.74, 6) is -1.12. The number of nitrogens with zero attached hydrogens (tertiary/aromatic N) is 4. The van der Waals surface area contributed by atoms with Crippen molar-refractivity contribution in [3.63, 3.8) is 0 Å². The van der Waals surface area contributed by atoms with E-state index in [-0.39, 0.29) is 5.69 Å². The first kappa shape index (κ1) is 21.5. The molecule has 32 heavy (non-hydrogen) atoms. The Morgan fingerprint density at radius 2 is 1.81 bits per heavy atom. The predicted molar refractivity (Wildman–Crippen MR) is 119 cm³/mol. The molecule has 0 aliphatic carbocycles. The normalized spacial score (nSPS) is 14.6. The molecule has 1 amide bonds. The van der Waals surface area contributed by atoms with Gasteiger partial charge in [0.25, 0.3) is 5.91 Å². The molecule has 0 bridgehead atoms. The highest BCUT2D eigenvalue weighted by atomic mass is 16.5. The van der Waals surface area contributed by atoms with Crippen LogP contribution >= 0.6 is 0 Å². The van der Waals surface area contributed by atoms with Gasteiger partial charge in [0.15, 0.2) is 11.8 Å². The fraction of sp³-hybridized carbons (Fsp3) is 0.304. The summed E-state index contributed by atoms with van der Waals surface area (Å²) < 4.78 is 12.2. The van der Waals surface area contributed by atoms with Crippen LogP contribution in [0.2, 0.25) is 0 Å². The second-order valence-corrected chi connectivity index (χ2v) is 7.47. The van der Waals surface area contributed by atoms with Crippen molar-refractivity contribution < 1.29 is 19.1 Å². The van der Waals surface area contributed by atoms with Gasteiger partial charge in [0.2, 0.25) is 0 Å². The molecule has 1 atom stereocenters. The Bertz CT molecular complexity index is 1050. The van der Waals surface area contributed by atoms with E-state index < -0.39 is 18.0 Å². The van der Waals surface area contributed by atoms with Crippen LogP contribution in [0, 0.1) is 0 Å². The van der Waals surface area contributed by atoms with Gasteiger partial charge in [0.1, 0.15) is 0 Å². The third kappa shape index (κ3) is 5.50. The summed E-state index contributed by atoms with van der Waals surface area (Å²) in [5, 5.41) is 10.6. The average molecular weight is 435 g/mol. The highest BCUT2D eigenvalue weighted by Gasteiger charge is 2.21. The molecule has 9 heteroatoms. The van der Waals surface area contributed by atoms with Crippen molar-refractivity contribution in [2.75, 3.05) is 36.5 Å². The van der Waals surface area contributed by atoms with E-state index in [2.05, 4.69) is 20.5 Å². The summed E-state index contributed by atoms with van der Waals surface area (Å²) in [7, 11) is 0. The molecule has 0 saturated carbocycles. The Kier molecular flexibility index (Phi) is 6.76. The van der Waals surface area contributed by atoms with Gasteiger partial charge in [-0.05, 0) is 36.8 Å². The SMILES string of the molecule is CC(OC(=O)c1cn(Cc2ccccc2)nn1)C(=O)Nc1ccc(N2CCOCC2)cc1. The number of anilines is 2. The van der Waals surface area contributed by atoms with Crippen molar-refractivity contribution in [1.29, 1.82) is 0 Å². The highest BCUT2D eigenvalue weighted by molar-refractivity contribution is 5.96. The van der Waals surface area contributed by atoms with Crippen LogP contribution in [0.15, 0.2) is 60.8 Å². The van der Waals surface area contributed by atoms with Crippen LogP contribution in [0.25, 0.3) is 0 Å². The van der Waals surface area contributed by atoms with E-state index in [0.717, 1.165) is 24.3 Å². The maximum absolute atomic E-state index is 12.5. The number of aromatic nitrogens is 3. The van der Waals surface area contributed by atoms with E-state index in [9.17, 15) is 9.59 Å². The smallest absolute Gasteiger partial charge is 0.361 e. The van der Waals surface area contributed by atoms with Gasteiger partial charge in [0, 0.05) is 24.5 Å². The number of hydrogen-bond acceptors (Lipinski definition) is 7. The molecule has 3 aromatic rings. The van der Waals surface area contributed by atoms with Crippen molar-refractivity contribution in [3.05, 3.63) is 72.1 Å². The van der Waals surface area contributed by atoms with E-state index >= 15 is 0 Å². The number of morpholine rings is 1. The van der Waals surface area contributed by atoms with E-state index in [1.54, 1.807) is 4.68 Å². The second kappa shape index (κ2) is 10.1. The maximum atomic E-state index is 12.5. The summed E-state index contributed by atoms with van der Waals surface area (Å²) in [6, 6.07) is 17.2. The quantitative estimate of drug-likeness (QED) is 0.569. The zero-order chi connectivity index (χ0) is 22.3. The lowest BCUT2D eigenvalue weighted by Crippen LogP contribution is -2.36. The average Bonchev–Trinajstić information content (AvgIpc) is 3.29. The molecule has 2 aromatic carbocycles. The maximum Gasteiger partial charge on any atom is 0.361 e. The second-order valence-electron chi connectivity index (χ2n) is 7.47. The lowest BCUT2D eigenvalue weighted by Gasteiger charge is -2.28. The Labute approximate surface area is 185 Å². The minimum atomic E-state index is -0.985. The van der Waals surface area contributed by atoms with Gasteiger partial charge < -0.3 is 19.7 Å². The lowest BCUT2D eigenvalue weighted by molar-refractivity contribution is -0.123. The molecule has 4 rings (SSSR count). The van der Waals surface area contributed by atoms with Crippen LogP contribution in [0.5, 0.6) is 0 Å². The third-order valence-electron chi connectivity index (χ3n) is 5.10. The number of nitrogens with one attached hydrogen (secondary N) is 1. The summed E-state index contributed by atoms with van der Waals surface area (Å²) in [6.45, 7) is 5.10. The first-order valence-electron chi connectivity index (χ1n) is 10.5. The van der Waals surface area contributed by atoms with E-state index in [4.69, 9.17) is 9.47 Å². The Morgan fingerprint density at radius 3 is 2.53 bits per heavy atom. The van der Waals surface area contributed by atoms with Crippen molar-refractivity contribution in [3.8, 4) is 0 Å². The van der Waals surface area contributed by atoms with Crippen molar-refractivity contribution in [2.45, 2.75) is 19.6 Å². The summed E-state index contributed by atoms with van der Waals surface area (Å²) in [4.78, 5) is 27.0. The van der Waals surface area contributed by atoms with Crippen molar-refractivity contribution >= 4 is 23.3 Å². The van der Waals surface area contributed by atoms with Crippen molar-refractivity contribution in [1.82, 2.24) is 15.0 Å². The molecule has 1 unspecified atom stereocenters.